The number of amides is 1. The van der Waals surface area contributed by atoms with Crippen LogP contribution in [0.15, 0.2) is 67.0 Å². The Balaban J connectivity index is 1.47. The van der Waals surface area contributed by atoms with Gasteiger partial charge < -0.3 is 14.6 Å². The second-order valence-electron chi connectivity index (χ2n) is 8.31. The number of rotatable bonds is 3. The molecule has 5 heteroatoms. The molecule has 2 bridgehead atoms. The minimum atomic E-state index is -0.972. The number of hydrogen-bond donors (Lipinski definition) is 1. The number of carbonyl (C=O) groups excluding carboxylic acids is 1. The molecule has 2 saturated heterocycles. The average molecular weight is 387 g/mol. The lowest BCUT2D eigenvalue weighted by atomic mass is 9.84. The summed E-state index contributed by atoms with van der Waals surface area (Å²) >= 11 is 0. The van der Waals surface area contributed by atoms with E-state index in [1.54, 1.807) is 6.20 Å². The topological polar surface area (TPSA) is 58.4 Å². The lowest BCUT2D eigenvalue weighted by molar-refractivity contribution is -0.0554. The quantitative estimate of drug-likeness (QED) is 0.745. The Hall–Kier alpha value is -2.92. The predicted molar refractivity (Wildman–Crippen MR) is 111 cm³/mol. The van der Waals surface area contributed by atoms with Gasteiger partial charge in [-0.25, -0.2) is 4.98 Å². The SMILES string of the molecule is Cn1ccnc1C1(O)C[C@H]2CC[C@H](C1)N2C(=O)c1ccccc1-c1ccccc1. The Morgan fingerprint density at radius 2 is 1.69 bits per heavy atom. The molecule has 2 aromatic carbocycles. The molecule has 0 saturated carbocycles. The van der Waals surface area contributed by atoms with Gasteiger partial charge in [0, 0.05) is 49.9 Å². The number of fused-ring (bicyclic) bond motifs is 2. The van der Waals surface area contributed by atoms with Crippen LogP contribution in [-0.4, -0.2) is 37.5 Å². The maximum Gasteiger partial charge on any atom is 0.254 e. The first kappa shape index (κ1) is 18.1. The minimum Gasteiger partial charge on any atom is -0.382 e. The third kappa shape index (κ3) is 2.97. The molecule has 2 atom stereocenters. The molecule has 0 unspecified atom stereocenters. The van der Waals surface area contributed by atoms with Gasteiger partial charge in [-0.2, -0.15) is 0 Å². The van der Waals surface area contributed by atoms with Gasteiger partial charge in [-0.15, -0.1) is 0 Å². The number of aromatic nitrogens is 2. The molecule has 0 aliphatic carbocycles. The molecule has 0 radical (unpaired) electrons. The van der Waals surface area contributed by atoms with Crippen molar-refractivity contribution in [2.75, 3.05) is 0 Å². The molecule has 1 aromatic heterocycles. The van der Waals surface area contributed by atoms with E-state index in [0.29, 0.717) is 18.7 Å². The zero-order valence-corrected chi connectivity index (χ0v) is 16.5. The summed E-state index contributed by atoms with van der Waals surface area (Å²) in [5.41, 5.74) is 1.77. The van der Waals surface area contributed by atoms with E-state index in [-0.39, 0.29) is 18.0 Å². The largest absolute Gasteiger partial charge is 0.382 e. The van der Waals surface area contributed by atoms with E-state index in [9.17, 15) is 9.90 Å². The first-order valence-corrected chi connectivity index (χ1v) is 10.2. The normalized spacial score (nSPS) is 25.9. The van der Waals surface area contributed by atoms with Crippen LogP contribution in [0.25, 0.3) is 11.1 Å². The highest BCUT2D eigenvalue weighted by Gasteiger charge is 2.51. The standard InChI is InChI=1S/C24H25N3O2/c1-26-14-13-25-23(26)24(29)15-18-11-12-19(16-24)27(18)22(28)21-10-6-5-9-20(21)17-7-3-2-4-8-17/h2-10,13-14,18-19,29H,11-12,15-16H2,1H3/t18-,19-/m1/s1. The molecule has 3 aromatic rings. The van der Waals surface area contributed by atoms with Crippen molar-refractivity contribution in [3.63, 3.8) is 0 Å². The third-order valence-electron chi connectivity index (χ3n) is 6.48. The zero-order chi connectivity index (χ0) is 20.0. The summed E-state index contributed by atoms with van der Waals surface area (Å²) in [5.74, 6) is 0.769. The molecule has 5 nitrogen and oxygen atoms in total. The Kier molecular flexibility index (Phi) is 4.28. The second-order valence-corrected chi connectivity index (χ2v) is 8.31. The lowest BCUT2D eigenvalue weighted by Gasteiger charge is -2.43. The number of benzene rings is 2. The van der Waals surface area contributed by atoms with Gasteiger partial charge >= 0.3 is 0 Å². The molecule has 148 valence electrons. The molecule has 3 heterocycles. The van der Waals surface area contributed by atoms with Crippen molar-refractivity contribution in [3.8, 4) is 11.1 Å². The minimum absolute atomic E-state index is 0.0341. The van der Waals surface area contributed by atoms with Crippen molar-refractivity contribution in [3.05, 3.63) is 78.4 Å². The molecule has 1 amide bonds. The van der Waals surface area contributed by atoms with Crippen LogP contribution in [0.3, 0.4) is 0 Å². The first-order chi connectivity index (χ1) is 14.1. The maximum absolute atomic E-state index is 13.6. The monoisotopic (exact) mass is 387 g/mol. The smallest absolute Gasteiger partial charge is 0.254 e. The first-order valence-electron chi connectivity index (χ1n) is 10.2. The fourth-order valence-electron chi connectivity index (χ4n) is 5.23. The fourth-order valence-corrected chi connectivity index (χ4v) is 5.23. The van der Waals surface area contributed by atoms with Crippen LogP contribution in [0, 0.1) is 0 Å². The number of piperidine rings is 1. The van der Waals surface area contributed by atoms with E-state index >= 15 is 0 Å². The van der Waals surface area contributed by atoms with Crippen molar-refractivity contribution in [1.82, 2.24) is 14.5 Å². The van der Waals surface area contributed by atoms with Gasteiger partial charge in [0.25, 0.3) is 5.91 Å². The Bertz CT molecular complexity index is 1030. The number of nitrogens with zero attached hydrogens (tertiary/aromatic N) is 3. The van der Waals surface area contributed by atoms with Crippen molar-refractivity contribution in [1.29, 1.82) is 0 Å². The van der Waals surface area contributed by atoms with Crippen LogP contribution >= 0.6 is 0 Å². The number of imidazole rings is 1. The summed E-state index contributed by atoms with van der Waals surface area (Å²) in [4.78, 5) is 20.1. The predicted octanol–water partition coefficient (Wildman–Crippen LogP) is 3.74. The van der Waals surface area contributed by atoms with Crippen molar-refractivity contribution in [2.45, 2.75) is 43.4 Å². The lowest BCUT2D eigenvalue weighted by Crippen LogP contribution is -2.52. The van der Waals surface area contributed by atoms with Gasteiger partial charge in [-0.1, -0.05) is 48.5 Å². The van der Waals surface area contributed by atoms with Crippen LogP contribution in [-0.2, 0) is 12.6 Å². The van der Waals surface area contributed by atoms with E-state index in [1.165, 1.54) is 0 Å². The Morgan fingerprint density at radius 1 is 1.03 bits per heavy atom. The number of hydrogen-bond acceptors (Lipinski definition) is 3. The van der Waals surface area contributed by atoms with Gasteiger partial charge in [-0.3, -0.25) is 4.79 Å². The highest BCUT2D eigenvalue weighted by Crippen LogP contribution is 2.46. The van der Waals surface area contributed by atoms with E-state index in [4.69, 9.17) is 0 Å². The van der Waals surface area contributed by atoms with Gasteiger partial charge in [0.05, 0.1) is 0 Å². The van der Waals surface area contributed by atoms with Crippen molar-refractivity contribution < 1.29 is 9.90 Å². The Labute approximate surface area is 170 Å². The van der Waals surface area contributed by atoms with Crippen LogP contribution in [0.5, 0.6) is 0 Å². The van der Waals surface area contributed by atoms with E-state index in [0.717, 1.165) is 29.5 Å². The molecule has 2 aliphatic heterocycles. The molecule has 2 aliphatic rings. The average Bonchev–Trinajstić information content (AvgIpc) is 3.30. The summed E-state index contributed by atoms with van der Waals surface area (Å²) in [7, 11) is 1.91. The second kappa shape index (κ2) is 6.85. The van der Waals surface area contributed by atoms with Crippen molar-refractivity contribution >= 4 is 5.91 Å². The third-order valence-corrected chi connectivity index (χ3v) is 6.48. The van der Waals surface area contributed by atoms with Gasteiger partial charge in [0.1, 0.15) is 11.4 Å². The maximum atomic E-state index is 13.6. The fraction of sp³-hybridized carbons (Fsp3) is 0.333. The summed E-state index contributed by atoms with van der Waals surface area (Å²) in [5, 5.41) is 11.4. The highest BCUT2D eigenvalue weighted by molar-refractivity contribution is 6.01. The summed E-state index contributed by atoms with van der Waals surface area (Å²) in [6.07, 6.45) is 6.51. The van der Waals surface area contributed by atoms with Gasteiger partial charge in [0.2, 0.25) is 0 Å². The molecule has 29 heavy (non-hydrogen) atoms. The summed E-state index contributed by atoms with van der Waals surface area (Å²) in [6, 6.07) is 18.0. The number of aryl methyl sites for hydroxylation is 1. The van der Waals surface area contributed by atoms with E-state index in [1.807, 2.05) is 77.3 Å². The van der Waals surface area contributed by atoms with Gasteiger partial charge in [-0.05, 0) is 30.0 Å². The van der Waals surface area contributed by atoms with Crippen LogP contribution in [0.4, 0.5) is 0 Å². The van der Waals surface area contributed by atoms with E-state index < -0.39 is 5.60 Å². The Morgan fingerprint density at radius 3 is 2.34 bits per heavy atom. The summed E-state index contributed by atoms with van der Waals surface area (Å²) in [6.45, 7) is 0. The van der Waals surface area contributed by atoms with Gasteiger partial charge in [0.15, 0.2) is 0 Å². The molecule has 2 fully saturated rings. The molecule has 5 rings (SSSR count). The molecular weight excluding hydrogens is 362 g/mol. The van der Waals surface area contributed by atoms with E-state index in [2.05, 4.69) is 4.98 Å². The summed E-state index contributed by atoms with van der Waals surface area (Å²) < 4.78 is 1.89. The van der Waals surface area contributed by atoms with Crippen LogP contribution < -0.4 is 0 Å². The zero-order valence-electron chi connectivity index (χ0n) is 16.5. The molecule has 0 spiro atoms. The van der Waals surface area contributed by atoms with Crippen LogP contribution in [0.2, 0.25) is 0 Å². The number of carbonyl (C=O) groups is 1. The molecule has 1 N–H and O–H groups in total. The highest BCUT2D eigenvalue weighted by atomic mass is 16.3. The van der Waals surface area contributed by atoms with Crippen molar-refractivity contribution in [2.24, 2.45) is 7.05 Å². The number of aliphatic hydroxyl groups is 1. The molecular formula is C24H25N3O2. The van der Waals surface area contributed by atoms with Crippen LogP contribution in [0.1, 0.15) is 41.9 Å².